The molecule has 0 bridgehead atoms. The summed E-state index contributed by atoms with van der Waals surface area (Å²) in [4.78, 5) is 29.2. The first kappa shape index (κ1) is 14.4. The standard InChI is InChI=1S/C13H18N4O3/c1-2-3-5-11(18)19-9-10-8-16-13(17-20-10)12-14-6-4-7-15-12/h4,6-7,10H,2-3,5,8-9H2,1H3,(H,16,17)/t10-/m0/s1. The van der Waals surface area contributed by atoms with E-state index in [1.54, 1.807) is 18.5 Å². The van der Waals surface area contributed by atoms with Gasteiger partial charge >= 0.3 is 5.97 Å². The number of nitrogens with zero attached hydrogens (tertiary/aromatic N) is 3. The van der Waals surface area contributed by atoms with Gasteiger partial charge in [-0.2, -0.15) is 0 Å². The number of ether oxygens (including phenoxy) is 1. The summed E-state index contributed by atoms with van der Waals surface area (Å²) in [5.74, 6) is 0.765. The van der Waals surface area contributed by atoms with Gasteiger partial charge in [0.25, 0.3) is 0 Å². The molecule has 1 N–H and O–H groups in total. The van der Waals surface area contributed by atoms with Crippen molar-refractivity contribution in [2.45, 2.75) is 32.3 Å². The Kier molecular flexibility index (Phi) is 5.43. The number of aliphatic imine (C=N–C) groups is 1. The molecule has 20 heavy (non-hydrogen) atoms. The lowest BCUT2D eigenvalue weighted by molar-refractivity contribution is -0.149. The smallest absolute Gasteiger partial charge is 0.305 e. The third-order valence-corrected chi connectivity index (χ3v) is 2.72. The van der Waals surface area contributed by atoms with E-state index in [0.717, 1.165) is 12.8 Å². The van der Waals surface area contributed by atoms with Crippen molar-refractivity contribution < 1.29 is 14.4 Å². The normalized spacial score (nSPS) is 18.1. The van der Waals surface area contributed by atoms with E-state index in [4.69, 9.17) is 9.57 Å². The zero-order valence-electron chi connectivity index (χ0n) is 11.4. The summed E-state index contributed by atoms with van der Waals surface area (Å²) < 4.78 is 5.12. The fourth-order valence-electron chi connectivity index (χ4n) is 1.61. The quantitative estimate of drug-likeness (QED) is 0.777. The highest BCUT2D eigenvalue weighted by Crippen LogP contribution is 2.04. The number of unbranched alkanes of at least 4 members (excludes halogenated alkanes) is 1. The van der Waals surface area contributed by atoms with Crippen LogP contribution in [-0.2, 0) is 14.4 Å². The highest BCUT2D eigenvalue weighted by molar-refractivity contribution is 5.94. The average Bonchev–Trinajstić information content (AvgIpc) is 2.52. The lowest BCUT2D eigenvalue weighted by Crippen LogP contribution is -2.40. The number of carbonyl (C=O) groups excluding carboxylic acids is 1. The SMILES string of the molecule is CCCCC(=O)OC[C@@H]1CN=C(c2ncccn2)NO1. The van der Waals surface area contributed by atoms with Crippen LogP contribution in [0.5, 0.6) is 0 Å². The molecule has 0 amide bonds. The summed E-state index contributed by atoms with van der Waals surface area (Å²) in [6.45, 7) is 2.63. The molecule has 7 heteroatoms. The van der Waals surface area contributed by atoms with Crippen LogP contribution >= 0.6 is 0 Å². The Morgan fingerprint density at radius 1 is 1.50 bits per heavy atom. The Labute approximate surface area is 117 Å². The van der Waals surface area contributed by atoms with Gasteiger partial charge in [-0.05, 0) is 12.5 Å². The first-order valence-corrected chi connectivity index (χ1v) is 6.68. The largest absolute Gasteiger partial charge is 0.463 e. The van der Waals surface area contributed by atoms with Crippen molar-refractivity contribution in [3.63, 3.8) is 0 Å². The lowest BCUT2D eigenvalue weighted by atomic mass is 10.2. The van der Waals surface area contributed by atoms with Crippen molar-refractivity contribution in [3.05, 3.63) is 24.3 Å². The Hall–Kier alpha value is -2.02. The number of hydroxylamine groups is 1. The van der Waals surface area contributed by atoms with Crippen LogP contribution in [0.1, 0.15) is 32.0 Å². The van der Waals surface area contributed by atoms with Crippen LogP contribution in [0.25, 0.3) is 0 Å². The number of aromatic nitrogens is 2. The Morgan fingerprint density at radius 2 is 2.30 bits per heavy atom. The number of hydrogen-bond acceptors (Lipinski definition) is 7. The Balaban J connectivity index is 1.76. The maximum atomic E-state index is 11.4. The minimum Gasteiger partial charge on any atom is -0.463 e. The molecule has 108 valence electrons. The number of carbonyl (C=O) groups is 1. The van der Waals surface area contributed by atoms with E-state index in [1.165, 1.54) is 0 Å². The van der Waals surface area contributed by atoms with Gasteiger partial charge in [0.1, 0.15) is 12.7 Å². The summed E-state index contributed by atoms with van der Waals surface area (Å²) in [5.41, 5.74) is 2.69. The van der Waals surface area contributed by atoms with Crippen LogP contribution in [0.3, 0.4) is 0 Å². The van der Waals surface area contributed by atoms with Crippen LogP contribution in [0.4, 0.5) is 0 Å². The molecule has 0 saturated carbocycles. The fourth-order valence-corrected chi connectivity index (χ4v) is 1.61. The number of hydrogen-bond donors (Lipinski definition) is 1. The molecule has 2 rings (SSSR count). The van der Waals surface area contributed by atoms with Gasteiger partial charge in [0.15, 0.2) is 11.7 Å². The molecule has 7 nitrogen and oxygen atoms in total. The summed E-state index contributed by atoms with van der Waals surface area (Å²) in [6, 6.07) is 1.73. The minimum absolute atomic E-state index is 0.196. The van der Waals surface area contributed by atoms with Crippen LogP contribution in [-0.4, -0.2) is 41.0 Å². The minimum atomic E-state index is -0.284. The van der Waals surface area contributed by atoms with Crippen LogP contribution in [0.2, 0.25) is 0 Å². The summed E-state index contributed by atoms with van der Waals surface area (Å²) in [7, 11) is 0. The van der Waals surface area contributed by atoms with E-state index in [-0.39, 0.29) is 18.7 Å². The number of esters is 1. The number of nitrogens with one attached hydrogen (secondary N) is 1. The van der Waals surface area contributed by atoms with Crippen molar-refractivity contribution in [1.82, 2.24) is 15.4 Å². The maximum Gasteiger partial charge on any atom is 0.305 e. The molecule has 1 aromatic rings. The predicted octanol–water partition coefficient (Wildman–Crippen LogP) is 0.860. The van der Waals surface area contributed by atoms with Gasteiger partial charge in [-0.15, -0.1) is 0 Å². The molecular weight excluding hydrogens is 260 g/mol. The van der Waals surface area contributed by atoms with Crippen LogP contribution < -0.4 is 5.48 Å². The van der Waals surface area contributed by atoms with Gasteiger partial charge in [-0.25, -0.2) is 15.4 Å². The molecule has 0 spiro atoms. The molecule has 0 unspecified atom stereocenters. The van der Waals surface area contributed by atoms with E-state index in [2.05, 4.69) is 20.4 Å². The molecule has 0 aromatic carbocycles. The molecule has 0 radical (unpaired) electrons. The van der Waals surface area contributed by atoms with E-state index in [9.17, 15) is 4.79 Å². The van der Waals surface area contributed by atoms with Gasteiger partial charge in [0.05, 0.1) is 6.54 Å². The van der Waals surface area contributed by atoms with Gasteiger partial charge < -0.3 is 4.74 Å². The topological polar surface area (TPSA) is 85.7 Å². The third kappa shape index (κ3) is 4.27. The molecule has 1 aromatic heterocycles. The third-order valence-electron chi connectivity index (χ3n) is 2.72. The number of amidine groups is 1. The van der Waals surface area contributed by atoms with Gasteiger partial charge in [0, 0.05) is 18.8 Å². The van der Waals surface area contributed by atoms with Crippen molar-refractivity contribution in [2.24, 2.45) is 4.99 Å². The Morgan fingerprint density at radius 3 is 2.95 bits per heavy atom. The van der Waals surface area contributed by atoms with Crippen molar-refractivity contribution >= 4 is 11.8 Å². The highest BCUT2D eigenvalue weighted by Gasteiger charge is 2.19. The van der Waals surface area contributed by atoms with E-state index in [1.807, 2.05) is 6.92 Å². The van der Waals surface area contributed by atoms with Gasteiger partial charge in [-0.1, -0.05) is 13.3 Å². The van der Waals surface area contributed by atoms with Gasteiger partial charge in [-0.3, -0.25) is 14.6 Å². The predicted molar refractivity (Wildman–Crippen MR) is 71.9 cm³/mol. The number of rotatable bonds is 6. The highest BCUT2D eigenvalue weighted by atomic mass is 16.7. The van der Waals surface area contributed by atoms with Crippen molar-refractivity contribution in [2.75, 3.05) is 13.2 Å². The van der Waals surface area contributed by atoms with E-state index in [0.29, 0.717) is 24.6 Å². The average molecular weight is 278 g/mol. The molecule has 2 heterocycles. The maximum absolute atomic E-state index is 11.4. The van der Waals surface area contributed by atoms with Crippen molar-refractivity contribution in [1.29, 1.82) is 0 Å². The summed E-state index contributed by atoms with van der Waals surface area (Å²) in [5, 5.41) is 0. The summed E-state index contributed by atoms with van der Waals surface area (Å²) >= 11 is 0. The molecule has 0 aliphatic carbocycles. The zero-order chi connectivity index (χ0) is 14.2. The molecule has 1 aliphatic heterocycles. The van der Waals surface area contributed by atoms with Crippen molar-refractivity contribution in [3.8, 4) is 0 Å². The van der Waals surface area contributed by atoms with E-state index < -0.39 is 0 Å². The molecule has 0 fully saturated rings. The first-order chi connectivity index (χ1) is 9.79. The second-order valence-corrected chi connectivity index (χ2v) is 4.39. The van der Waals surface area contributed by atoms with E-state index >= 15 is 0 Å². The lowest BCUT2D eigenvalue weighted by Gasteiger charge is -2.21. The molecular formula is C13H18N4O3. The molecule has 1 atom stereocenters. The molecule has 0 saturated heterocycles. The second-order valence-electron chi connectivity index (χ2n) is 4.39. The Bertz CT molecular complexity index is 464. The zero-order valence-corrected chi connectivity index (χ0v) is 11.4. The van der Waals surface area contributed by atoms with Crippen LogP contribution in [0.15, 0.2) is 23.5 Å². The summed E-state index contributed by atoms with van der Waals surface area (Å²) in [6.07, 6.45) is 5.25. The second kappa shape index (κ2) is 7.54. The van der Waals surface area contributed by atoms with Gasteiger partial charge in [0.2, 0.25) is 0 Å². The monoisotopic (exact) mass is 278 g/mol. The van der Waals surface area contributed by atoms with Crippen LogP contribution in [0, 0.1) is 0 Å². The fraction of sp³-hybridized carbons (Fsp3) is 0.538. The molecule has 1 aliphatic rings. The first-order valence-electron chi connectivity index (χ1n) is 6.68.